The van der Waals surface area contributed by atoms with Crippen molar-refractivity contribution in [2.45, 2.75) is 46.2 Å². The molecule has 2 atom stereocenters. The molecule has 2 nitrogen and oxygen atoms in total. The second-order valence-corrected chi connectivity index (χ2v) is 4.29. The molecule has 0 aliphatic carbocycles. The van der Waals surface area contributed by atoms with Crippen LogP contribution in [0.2, 0.25) is 0 Å². The van der Waals surface area contributed by atoms with E-state index >= 15 is 0 Å². The molecule has 0 aromatic rings. The summed E-state index contributed by atoms with van der Waals surface area (Å²) in [4.78, 5) is 0. The van der Waals surface area contributed by atoms with Gasteiger partial charge in [-0.1, -0.05) is 20.8 Å². The largest absolute Gasteiger partial charge is 0.327 e. The van der Waals surface area contributed by atoms with Crippen molar-refractivity contribution in [3.8, 4) is 0 Å². The smallest absolute Gasteiger partial charge is 0.0194 e. The van der Waals surface area contributed by atoms with Crippen molar-refractivity contribution in [1.29, 1.82) is 0 Å². The van der Waals surface area contributed by atoms with Gasteiger partial charge in [0.05, 0.1) is 0 Å². The standard InChI is InChI=1S/C8H20N2/c1-6(9)7(10)5-8(2,3)4/h6-7H,5,9-10H2,1-4H3. The summed E-state index contributed by atoms with van der Waals surface area (Å²) >= 11 is 0. The van der Waals surface area contributed by atoms with E-state index in [1.165, 1.54) is 0 Å². The lowest BCUT2D eigenvalue weighted by Crippen LogP contribution is -2.41. The van der Waals surface area contributed by atoms with E-state index in [1.54, 1.807) is 0 Å². The highest BCUT2D eigenvalue weighted by Crippen LogP contribution is 2.20. The van der Waals surface area contributed by atoms with Crippen LogP contribution in [0, 0.1) is 5.41 Å². The summed E-state index contributed by atoms with van der Waals surface area (Å²) in [5.41, 5.74) is 11.7. The highest BCUT2D eigenvalue weighted by atomic mass is 14.8. The van der Waals surface area contributed by atoms with Crippen LogP contribution in [0.1, 0.15) is 34.1 Å². The molecule has 0 heterocycles. The quantitative estimate of drug-likeness (QED) is 0.609. The van der Waals surface area contributed by atoms with Gasteiger partial charge in [-0.25, -0.2) is 0 Å². The second kappa shape index (κ2) is 3.35. The van der Waals surface area contributed by atoms with Gasteiger partial charge < -0.3 is 11.5 Å². The number of hydrogen-bond acceptors (Lipinski definition) is 2. The topological polar surface area (TPSA) is 52.0 Å². The Hall–Kier alpha value is -0.0800. The Bertz CT molecular complexity index is 91.9. The van der Waals surface area contributed by atoms with Crippen LogP contribution in [0.15, 0.2) is 0 Å². The summed E-state index contributed by atoms with van der Waals surface area (Å²) in [6, 6.07) is 0.249. The van der Waals surface area contributed by atoms with Crippen LogP contribution in [0.25, 0.3) is 0 Å². The maximum Gasteiger partial charge on any atom is 0.0194 e. The molecule has 62 valence electrons. The van der Waals surface area contributed by atoms with Gasteiger partial charge in [-0.05, 0) is 18.8 Å². The molecular formula is C8H20N2. The minimum atomic E-state index is 0.110. The molecule has 0 radical (unpaired) electrons. The zero-order valence-electron chi connectivity index (χ0n) is 7.52. The van der Waals surface area contributed by atoms with Gasteiger partial charge in [-0.15, -0.1) is 0 Å². The van der Waals surface area contributed by atoms with Crippen molar-refractivity contribution < 1.29 is 0 Å². The molecule has 0 aliphatic rings. The first-order valence-corrected chi connectivity index (χ1v) is 3.84. The molecule has 0 aliphatic heterocycles. The Morgan fingerprint density at radius 2 is 1.60 bits per heavy atom. The third-order valence-electron chi connectivity index (χ3n) is 1.52. The van der Waals surface area contributed by atoms with Crippen LogP contribution >= 0.6 is 0 Å². The number of nitrogens with two attached hydrogens (primary N) is 2. The fraction of sp³-hybridized carbons (Fsp3) is 1.00. The van der Waals surface area contributed by atoms with Crippen LogP contribution in [0.5, 0.6) is 0 Å². The molecule has 0 rings (SSSR count). The van der Waals surface area contributed by atoms with Gasteiger partial charge >= 0.3 is 0 Å². The van der Waals surface area contributed by atoms with E-state index in [1.807, 2.05) is 6.92 Å². The Morgan fingerprint density at radius 1 is 1.20 bits per heavy atom. The lowest BCUT2D eigenvalue weighted by atomic mass is 9.86. The summed E-state index contributed by atoms with van der Waals surface area (Å²) in [5, 5.41) is 0. The molecule has 0 bridgehead atoms. The fourth-order valence-electron chi connectivity index (χ4n) is 0.893. The highest BCUT2D eigenvalue weighted by molar-refractivity contribution is 4.77. The first kappa shape index (κ1) is 9.92. The number of hydrogen-bond donors (Lipinski definition) is 2. The van der Waals surface area contributed by atoms with Crippen LogP contribution in [-0.4, -0.2) is 12.1 Å². The Morgan fingerprint density at radius 3 is 1.70 bits per heavy atom. The lowest BCUT2D eigenvalue weighted by Gasteiger charge is -2.25. The van der Waals surface area contributed by atoms with Gasteiger partial charge in [0.2, 0.25) is 0 Å². The van der Waals surface area contributed by atoms with Crippen molar-refractivity contribution in [1.82, 2.24) is 0 Å². The zero-order valence-corrected chi connectivity index (χ0v) is 7.52. The number of rotatable bonds is 2. The molecule has 4 N–H and O–H groups in total. The summed E-state index contributed by atoms with van der Waals surface area (Å²) in [6.45, 7) is 8.48. The van der Waals surface area contributed by atoms with Crippen LogP contribution in [0.3, 0.4) is 0 Å². The molecule has 0 aromatic carbocycles. The maximum atomic E-state index is 5.78. The van der Waals surface area contributed by atoms with Crippen molar-refractivity contribution in [2.75, 3.05) is 0 Å². The SMILES string of the molecule is CC(N)C(N)CC(C)(C)C. The minimum Gasteiger partial charge on any atom is -0.327 e. The van der Waals surface area contributed by atoms with Crippen LogP contribution in [-0.2, 0) is 0 Å². The molecule has 0 spiro atoms. The van der Waals surface area contributed by atoms with Gasteiger partial charge in [0.15, 0.2) is 0 Å². The average Bonchev–Trinajstić information content (AvgIpc) is 1.60. The van der Waals surface area contributed by atoms with Crippen molar-refractivity contribution in [2.24, 2.45) is 16.9 Å². The highest BCUT2D eigenvalue weighted by Gasteiger charge is 2.17. The molecule has 10 heavy (non-hydrogen) atoms. The van der Waals surface area contributed by atoms with Crippen molar-refractivity contribution in [3.63, 3.8) is 0 Å². The molecule has 0 amide bonds. The molecule has 0 saturated carbocycles. The van der Waals surface area contributed by atoms with E-state index in [9.17, 15) is 0 Å². The third-order valence-corrected chi connectivity index (χ3v) is 1.52. The van der Waals surface area contributed by atoms with Crippen molar-refractivity contribution >= 4 is 0 Å². The summed E-state index contributed by atoms with van der Waals surface area (Å²) < 4.78 is 0. The third kappa shape index (κ3) is 4.77. The van der Waals surface area contributed by atoms with Gasteiger partial charge in [0.1, 0.15) is 0 Å². The van der Waals surface area contributed by atoms with Gasteiger partial charge in [-0.3, -0.25) is 0 Å². The lowest BCUT2D eigenvalue weighted by molar-refractivity contribution is 0.321. The molecule has 0 saturated heterocycles. The molecule has 2 unspecified atom stereocenters. The van der Waals surface area contributed by atoms with Crippen LogP contribution < -0.4 is 11.5 Å². The van der Waals surface area contributed by atoms with Gasteiger partial charge in [-0.2, -0.15) is 0 Å². The first-order valence-electron chi connectivity index (χ1n) is 3.84. The predicted octanol–water partition coefficient (Wildman–Crippen LogP) is 1.10. The van der Waals surface area contributed by atoms with Crippen molar-refractivity contribution in [3.05, 3.63) is 0 Å². The zero-order chi connectivity index (χ0) is 8.36. The summed E-state index contributed by atoms with van der Waals surface area (Å²) in [5.74, 6) is 0. The van der Waals surface area contributed by atoms with Gasteiger partial charge in [0.25, 0.3) is 0 Å². The van der Waals surface area contributed by atoms with E-state index in [2.05, 4.69) is 20.8 Å². The normalized spacial score (nSPS) is 18.6. The predicted molar refractivity (Wildman–Crippen MR) is 45.7 cm³/mol. The van der Waals surface area contributed by atoms with Crippen LogP contribution in [0.4, 0.5) is 0 Å². The maximum absolute atomic E-state index is 5.78. The molecule has 0 fully saturated rings. The molecule has 2 heteroatoms. The Balaban J connectivity index is 3.68. The van der Waals surface area contributed by atoms with E-state index in [0.717, 1.165) is 6.42 Å². The summed E-state index contributed by atoms with van der Waals surface area (Å²) in [7, 11) is 0. The van der Waals surface area contributed by atoms with E-state index < -0.39 is 0 Å². The average molecular weight is 144 g/mol. The van der Waals surface area contributed by atoms with Gasteiger partial charge in [0, 0.05) is 12.1 Å². The second-order valence-electron chi connectivity index (χ2n) is 4.29. The first-order chi connectivity index (χ1) is 4.33. The minimum absolute atomic E-state index is 0.110. The molecular weight excluding hydrogens is 124 g/mol. The molecule has 0 aromatic heterocycles. The fourth-order valence-corrected chi connectivity index (χ4v) is 0.893. The monoisotopic (exact) mass is 144 g/mol. The Labute approximate surface area is 64.0 Å². The Kier molecular flexibility index (Phi) is 3.33. The van der Waals surface area contributed by atoms with E-state index in [0.29, 0.717) is 5.41 Å². The van der Waals surface area contributed by atoms with E-state index in [-0.39, 0.29) is 12.1 Å². The van der Waals surface area contributed by atoms with E-state index in [4.69, 9.17) is 11.5 Å². The summed E-state index contributed by atoms with van der Waals surface area (Å²) in [6.07, 6.45) is 0.991.